The van der Waals surface area contributed by atoms with Gasteiger partial charge in [-0.05, 0) is 18.8 Å². The summed E-state index contributed by atoms with van der Waals surface area (Å²) in [4.78, 5) is 0.492. The average Bonchev–Trinajstić information content (AvgIpc) is 1.98. The van der Waals surface area contributed by atoms with E-state index in [2.05, 4.69) is 42.8 Å². The van der Waals surface area contributed by atoms with E-state index in [4.69, 9.17) is 0 Å². The van der Waals surface area contributed by atoms with Crippen LogP contribution in [0.1, 0.15) is 27.2 Å². The highest BCUT2D eigenvalue weighted by atomic mass is 79.9. The highest BCUT2D eigenvalue weighted by molar-refractivity contribution is 9.09. The zero-order chi connectivity index (χ0) is 9.35. The molecule has 0 spiro atoms. The zero-order valence-corrected chi connectivity index (χ0v) is 9.56. The zero-order valence-electron chi connectivity index (χ0n) is 7.97. The summed E-state index contributed by atoms with van der Waals surface area (Å²) in [5.41, 5.74) is 1.51. The summed E-state index contributed by atoms with van der Waals surface area (Å²) in [6, 6.07) is 0. The second-order valence-corrected chi connectivity index (χ2v) is 5.31. The van der Waals surface area contributed by atoms with Gasteiger partial charge in [0.1, 0.15) is 0 Å². The number of aliphatic hydroxyl groups is 1. The molecule has 1 N–H and O–H groups in total. The molecule has 0 saturated carbocycles. The number of rotatable bonds is 1. The first-order chi connectivity index (χ1) is 5.50. The van der Waals surface area contributed by atoms with Gasteiger partial charge in [-0.15, -0.1) is 0 Å². The molecule has 0 bridgehead atoms. The lowest BCUT2D eigenvalue weighted by atomic mass is 9.69. The molecule has 0 aromatic carbocycles. The third kappa shape index (κ3) is 1.60. The van der Waals surface area contributed by atoms with Crippen molar-refractivity contribution < 1.29 is 5.11 Å². The van der Waals surface area contributed by atoms with E-state index in [1.165, 1.54) is 5.57 Å². The van der Waals surface area contributed by atoms with Crippen molar-refractivity contribution in [2.24, 2.45) is 11.3 Å². The maximum absolute atomic E-state index is 9.25. The van der Waals surface area contributed by atoms with Gasteiger partial charge in [-0.25, -0.2) is 0 Å². The summed E-state index contributed by atoms with van der Waals surface area (Å²) in [5.74, 6) is 0.315. The predicted octanol–water partition coefficient (Wildman–Crippen LogP) is 2.73. The maximum Gasteiger partial charge on any atom is 0.0501 e. The van der Waals surface area contributed by atoms with Gasteiger partial charge in [0.15, 0.2) is 0 Å². The first-order valence-electron chi connectivity index (χ1n) is 4.41. The molecule has 1 nitrogen and oxygen atoms in total. The third-order valence-electron chi connectivity index (χ3n) is 3.08. The molecule has 0 aromatic rings. The highest BCUT2D eigenvalue weighted by Gasteiger charge is 2.38. The summed E-state index contributed by atoms with van der Waals surface area (Å²) >= 11 is 3.66. The Morgan fingerprint density at radius 1 is 1.67 bits per heavy atom. The van der Waals surface area contributed by atoms with E-state index in [0.717, 1.165) is 6.42 Å². The quantitative estimate of drug-likeness (QED) is 0.545. The van der Waals surface area contributed by atoms with Gasteiger partial charge in [0.05, 0.1) is 6.61 Å². The summed E-state index contributed by atoms with van der Waals surface area (Å²) in [7, 11) is 0. The fourth-order valence-electron chi connectivity index (χ4n) is 1.92. The Kier molecular flexibility index (Phi) is 3.00. The smallest absolute Gasteiger partial charge is 0.0501 e. The average molecular weight is 233 g/mol. The van der Waals surface area contributed by atoms with Crippen molar-refractivity contribution in [3.8, 4) is 0 Å². The molecule has 0 unspecified atom stereocenters. The third-order valence-corrected chi connectivity index (χ3v) is 4.64. The molecule has 0 saturated heterocycles. The number of halogens is 1. The molecule has 0 heterocycles. The van der Waals surface area contributed by atoms with Crippen LogP contribution in [0.3, 0.4) is 0 Å². The predicted molar refractivity (Wildman–Crippen MR) is 55.4 cm³/mol. The molecule has 2 atom stereocenters. The van der Waals surface area contributed by atoms with Crippen LogP contribution < -0.4 is 0 Å². The number of hydrogen-bond donors (Lipinski definition) is 1. The molecule has 1 rings (SSSR count). The lowest BCUT2D eigenvalue weighted by Crippen LogP contribution is -2.38. The molecule has 70 valence electrons. The minimum Gasteiger partial charge on any atom is -0.396 e. The van der Waals surface area contributed by atoms with Gasteiger partial charge in [-0.1, -0.05) is 41.4 Å². The van der Waals surface area contributed by atoms with Gasteiger partial charge < -0.3 is 5.11 Å². The Balaban J connectivity index is 2.91. The van der Waals surface area contributed by atoms with E-state index in [1.54, 1.807) is 0 Å². The van der Waals surface area contributed by atoms with Crippen LogP contribution in [-0.2, 0) is 0 Å². The lowest BCUT2D eigenvalue weighted by Gasteiger charge is -2.41. The second kappa shape index (κ2) is 3.51. The topological polar surface area (TPSA) is 20.2 Å². The van der Waals surface area contributed by atoms with E-state index >= 15 is 0 Å². The molecule has 12 heavy (non-hydrogen) atoms. The maximum atomic E-state index is 9.25. The number of alkyl halides is 1. The van der Waals surface area contributed by atoms with Gasteiger partial charge in [0.25, 0.3) is 0 Å². The van der Waals surface area contributed by atoms with Crippen molar-refractivity contribution in [3.63, 3.8) is 0 Å². The normalized spacial score (nSPS) is 34.6. The van der Waals surface area contributed by atoms with Gasteiger partial charge in [0, 0.05) is 10.7 Å². The monoisotopic (exact) mass is 232 g/mol. The number of allylic oxidation sites excluding steroid dienone is 1. The minimum absolute atomic E-state index is 0.174. The molecule has 0 aromatic heterocycles. The van der Waals surface area contributed by atoms with E-state index in [9.17, 15) is 5.11 Å². The van der Waals surface area contributed by atoms with Crippen LogP contribution in [0, 0.1) is 11.3 Å². The highest BCUT2D eigenvalue weighted by Crippen LogP contribution is 2.44. The molecular weight excluding hydrogens is 216 g/mol. The molecular formula is C10H17BrO. The van der Waals surface area contributed by atoms with Crippen molar-refractivity contribution in [1.29, 1.82) is 0 Å². The Bertz CT molecular complexity index is 196. The summed E-state index contributed by atoms with van der Waals surface area (Å²) in [6.45, 7) is 6.80. The molecule has 0 aliphatic heterocycles. The van der Waals surface area contributed by atoms with E-state index in [-0.39, 0.29) is 12.0 Å². The van der Waals surface area contributed by atoms with E-state index < -0.39 is 0 Å². The van der Waals surface area contributed by atoms with E-state index in [1.807, 2.05) is 0 Å². The van der Waals surface area contributed by atoms with Crippen molar-refractivity contribution in [2.75, 3.05) is 6.61 Å². The Morgan fingerprint density at radius 2 is 2.25 bits per heavy atom. The van der Waals surface area contributed by atoms with Crippen LogP contribution in [0.4, 0.5) is 0 Å². The minimum atomic E-state index is 0.174. The van der Waals surface area contributed by atoms with Gasteiger partial charge in [0.2, 0.25) is 0 Å². The van der Waals surface area contributed by atoms with Crippen molar-refractivity contribution in [1.82, 2.24) is 0 Å². The van der Waals surface area contributed by atoms with Gasteiger partial charge in [-0.3, -0.25) is 0 Å². The first kappa shape index (κ1) is 10.3. The largest absolute Gasteiger partial charge is 0.396 e. The molecule has 1 aliphatic rings. The lowest BCUT2D eigenvalue weighted by molar-refractivity contribution is 0.135. The van der Waals surface area contributed by atoms with Crippen LogP contribution in [-0.4, -0.2) is 16.5 Å². The summed E-state index contributed by atoms with van der Waals surface area (Å²) in [5, 5.41) is 9.25. The Hall–Kier alpha value is 0.180. The van der Waals surface area contributed by atoms with Gasteiger partial charge in [-0.2, -0.15) is 0 Å². The molecule has 2 heteroatoms. The first-order valence-corrected chi connectivity index (χ1v) is 5.33. The molecule has 1 aliphatic carbocycles. The van der Waals surface area contributed by atoms with Crippen molar-refractivity contribution >= 4 is 15.9 Å². The fourth-order valence-corrected chi connectivity index (χ4v) is 2.43. The Morgan fingerprint density at radius 3 is 2.67 bits per heavy atom. The van der Waals surface area contributed by atoms with Crippen molar-refractivity contribution in [3.05, 3.63) is 11.6 Å². The standard InChI is InChI=1S/C10H17BrO/c1-7-4-5-9(11)10(2,3)8(7)6-12/h4,8-9,12H,5-6H2,1-3H3/t8-,9+/m1/s1. The second-order valence-electron chi connectivity index (χ2n) is 4.21. The van der Waals surface area contributed by atoms with Crippen LogP contribution in [0.25, 0.3) is 0 Å². The summed E-state index contributed by atoms with van der Waals surface area (Å²) in [6.07, 6.45) is 3.31. The molecule has 0 fully saturated rings. The number of aliphatic hydroxyl groups excluding tert-OH is 1. The van der Waals surface area contributed by atoms with Crippen molar-refractivity contribution in [2.45, 2.75) is 32.0 Å². The molecule has 0 amide bonds. The van der Waals surface area contributed by atoms with E-state index in [0.29, 0.717) is 10.7 Å². The summed E-state index contributed by atoms with van der Waals surface area (Å²) < 4.78 is 0. The fraction of sp³-hybridized carbons (Fsp3) is 0.800. The number of hydrogen-bond acceptors (Lipinski definition) is 1. The van der Waals surface area contributed by atoms with Gasteiger partial charge >= 0.3 is 0 Å². The van der Waals surface area contributed by atoms with Crippen LogP contribution in [0.15, 0.2) is 11.6 Å². The van der Waals surface area contributed by atoms with Crippen LogP contribution in [0.5, 0.6) is 0 Å². The Labute approximate surface area is 83.0 Å². The molecule has 0 radical (unpaired) electrons. The SMILES string of the molecule is CC1=CC[C@H](Br)C(C)(C)[C@@H]1CO. The van der Waals surface area contributed by atoms with Crippen LogP contribution >= 0.6 is 15.9 Å². The van der Waals surface area contributed by atoms with Crippen LogP contribution in [0.2, 0.25) is 0 Å².